The van der Waals surface area contributed by atoms with Crippen molar-refractivity contribution < 1.29 is 8.78 Å². The van der Waals surface area contributed by atoms with E-state index in [1.807, 2.05) is 0 Å². The van der Waals surface area contributed by atoms with Crippen molar-refractivity contribution in [2.75, 3.05) is 37.0 Å². The third-order valence-corrected chi connectivity index (χ3v) is 2.60. The van der Waals surface area contributed by atoms with Gasteiger partial charge in [0.2, 0.25) is 0 Å². The minimum Gasteiger partial charge on any atom is -0.296 e. The fourth-order valence-electron chi connectivity index (χ4n) is 0.947. The van der Waals surface area contributed by atoms with Crippen molar-refractivity contribution in [2.45, 2.75) is 13.3 Å². The summed E-state index contributed by atoms with van der Waals surface area (Å²) in [6.45, 7) is 3.16. The van der Waals surface area contributed by atoms with Crippen LogP contribution in [0.4, 0.5) is 8.78 Å². The van der Waals surface area contributed by atoms with Gasteiger partial charge in [-0.05, 0) is 5.75 Å². The zero-order valence-corrected chi connectivity index (χ0v) is 9.38. The zero-order valence-electron chi connectivity index (χ0n) is 7.81. The predicted molar refractivity (Wildman–Crippen MR) is 56.2 cm³/mol. The number of rotatable bonds is 8. The second-order valence-corrected chi connectivity index (χ2v) is 4.35. The molecule has 0 rings (SSSR count). The van der Waals surface area contributed by atoms with E-state index in [0.717, 1.165) is 11.5 Å². The third-order valence-electron chi connectivity index (χ3n) is 1.55. The van der Waals surface area contributed by atoms with Crippen molar-refractivity contribution >= 4 is 23.4 Å². The zero-order chi connectivity index (χ0) is 10.1. The summed E-state index contributed by atoms with van der Waals surface area (Å²) in [7, 11) is 0. The van der Waals surface area contributed by atoms with E-state index in [9.17, 15) is 8.78 Å². The van der Waals surface area contributed by atoms with Crippen molar-refractivity contribution in [3.63, 3.8) is 0 Å². The lowest BCUT2D eigenvalue weighted by atomic mass is 10.5. The molecule has 0 saturated heterocycles. The van der Waals surface area contributed by atoms with Gasteiger partial charge in [-0.2, -0.15) is 11.8 Å². The van der Waals surface area contributed by atoms with E-state index < -0.39 is 6.43 Å². The van der Waals surface area contributed by atoms with Gasteiger partial charge in [0.15, 0.2) is 0 Å². The van der Waals surface area contributed by atoms with Crippen molar-refractivity contribution in [1.82, 2.24) is 4.90 Å². The molecule has 0 aromatic carbocycles. The highest BCUT2D eigenvalue weighted by Gasteiger charge is 2.10. The molecule has 0 aliphatic rings. The number of hydrogen-bond donors (Lipinski definition) is 0. The van der Waals surface area contributed by atoms with Crippen LogP contribution in [-0.2, 0) is 0 Å². The number of alkyl halides is 3. The normalized spacial score (nSPS) is 11.5. The maximum Gasteiger partial charge on any atom is 0.251 e. The molecule has 0 aliphatic carbocycles. The van der Waals surface area contributed by atoms with Crippen LogP contribution in [0.5, 0.6) is 0 Å². The Labute approximate surface area is 87.8 Å². The van der Waals surface area contributed by atoms with Gasteiger partial charge in [0.05, 0.1) is 6.54 Å². The van der Waals surface area contributed by atoms with Crippen LogP contribution >= 0.6 is 23.4 Å². The molecule has 1 nitrogen and oxygen atoms in total. The van der Waals surface area contributed by atoms with Crippen molar-refractivity contribution in [3.8, 4) is 0 Å². The first-order valence-corrected chi connectivity index (χ1v) is 6.03. The molecule has 0 aromatic rings. The van der Waals surface area contributed by atoms with Crippen LogP contribution in [0.25, 0.3) is 0 Å². The Kier molecular flexibility index (Phi) is 9.35. The molecule has 0 N–H and O–H groups in total. The summed E-state index contributed by atoms with van der Waals surface area (Å²) in [5.41, 5.74) is 0. The largest absolute Gasteiger partial charge is 0.296 e. The smallest absolute Gasteiger partial charge is 0.251 e. The summed E-state index contributed by atoms with van der Waals surface area (Å²) in [6, 6.07) is 0. The second kappa shape index (κ2) is 9.03. The van der Waals surface area contributed by atoms with Crippen molar-refractivity contribution in [1.29, 1.82) is 0 Å². The van der Waals surface area contributed by atoms with E-state index in [-0.39, 0.29) is 6.54 Å². The summed E-state index contributed by atoms with van der Waals surface area (Å²) >= 11 is 7.26. The molecule has 0 saturated carbocycles. The quantitative estimate of drug-likeness (QED) is 0.467. The van der Waals surface area contributed by atoms with E-state index in [4.69, 9.17) is 11.6 Å². The van der Waals surface area contributed by atoms with Gasteiger partial charge in [-0.1, -0.05) is 6.92 Å². The van der Waals surface area contributed by atoms with Crippen LogP contribution in [0.2, 0.25) is 0 Å². The highest BCUT2D eigenvalue weighted by atomic mass is 35.5. The lowest BCUT2D eigenvalue weighted by Crippen LogP contribution is -2.32. The molecule has 80 valence electrons. The molecule has 0 radical (unpaired) electrons. The average Bonchev–Trinajstić information content (AvgIpc) is 2.04. The summed E-state index contributed by atoms with van der Waals surface area (Å²) in [4.78, 5) is 1.71. The summed E-state index contributed by atoms with van der Waals surface area (Å²) in [5, 5.41) is 0. The SMILES string of the molecule is CCSCCN(CCCl)CC(F)F. The fraction of sp³-hybridized carbons (Fsp3) is 1.00. The molecule has 0 spiro atoms. The topological polar surface area (TPSA) is 3.24 Å². The van der Waals surface area contributed by atoms with Crippen LogP contribution in [0.15, 0.2) is 0 Å². The molecule has 0 amide bonds. The van der Waals surface area contributed by atoms with Gasteiger partial charge in [0.1, 0.15) is 0 Å². The molecule has 0 heterocycles. The van der Waals surface area contributed by atoms with E-state index in [1.54, 1.807) is 16.7 Å². The maximum absolute atomic E-state index is 12.0. The molecular weight excluding hydrogens is 216 g/mol. The number of thioether (sulfide) groups is 1. The first-order chi connectivity index (χ1) is 6.20. The second-order valence-electron chi connectivity index (χ2n) is 2.58. The number of halogens is 3. The number of hydrogen-bond acceptors (Lipinski definition) is 2. The van der Waals surface area contributed by atoms with Gasteiger partial charge in [-0.3, -0.25) is 4.90 Å². The van der Waals surface area contributed by atoms with Gasteiger partial charge >= 0.3 is 0 Å². The molecular formula is C8H16ClF2NS. The standard InChI is InChI=1S/C8H16ClF2NS/c1-2-13-6-5-12(4-3-9)7-8(10)11/h8H,2-7H2,1H3. The molecule has 0 aliphatic heterocycles. The van der Waals surface area contributed by atoms with E-state index >= 15 is 0 Å². The van der Waals surface area contributed by atoms with Crippen LogP contribution in [0.1, 0.15) is 6.92 Å². The highest BCUT2D eigenvalue weighted by molar-refractivity contribution is 7.99. The summed E-state index contributed by atoms with van der Waals surface area (Å²) in [5.74, 6) is 2.35. The van der Waals surface area contributed by atoms with Gasteiger partial charge in [-0.25, -0.2) is 8.78 Å². The Morgan fingerprint density at radius 1 is 1.38 bits per heavy atom. The lowest BCUT2D eigenvalue weighted by molar-refractivity contribution is 0.0943. The Morgan fingerprint density at radius 2 is 2.08 bits per heavy atom. The highest BCUT2D eigenvalue weighted by Crippen LogP contribution is 2.03. The minimum absolute atomic E-state index is 0.156. The minimum atomic E-state index is -2.25. The predicted octanol–water partition coefficient (Wildman–Crippen LogP) is 2.55. The Bertz CT molecular complexity index is 116. The molecule has 0 atom stereocenters. The van der Waals surface area contributed by atoms with Gasteiger partial charge in [-0.15, -0.1) is 11.6 Å². The molecule has 0 unspecified atom stereocenters. The van der Waals surface area contributed by atoms with Gasteiger partial charge in [0.25, 0.3) is 6.43 Å². The Balaban J connectivity index is 3.53. The monoisotopic (exact) mass is 231 g/mol. The summed E-state index contributed by atoms with van der Waals surface area (Å²) in [6.07, 6.45) is -2.25. The fourth-order valence-corrected chi connectivity index (χ4v) is 1.86. The van der Waals surface area contributed by atoms with Crippen molar-refractivity contribution in [2.24, 2.45) is 0 Å². The Morgan fingerprint density at radius 3 is 2.54 bits per heavy atom. The molecule has 5 heteroatoms. The average molecular weight is 232 g/mol. The number of nitrogens with zero attached hydrogens (tertiary/aromatic N) is 1. The van der Waals surface area contributed by atoms with E-state index in [1.165, 1.54) is 0 Å². The summed E-state index contributed by atoms with van der Waals surface area (Å²) < 4.78 is 24.1. The van der Waals surface area contributed by atoms with E-state index in [0.29, 0.717) is 19.0 Å². The first kappa shape index (κ1) is 13.5. The van der Waals surface area contributed by atoms with Crippen molar-refractivity contribution in [3.05, 3.63) is 0 Å². The van der Waals surface area contributed by atoms with Gasteiger partial charge in [0, 0.05) is 24.7 Å². The van der Waals surface area contributed by atoms with Gasteiger partial charge < -0.3 is 0 Å². The van der Waals surface area contributed by atoms with Crippen LogP contribution in [-0.4, -0.2) is 48.3 Å². The van der Waals surface area contributed by atoms with Crippen LogP contribution < -0.4 is 0 Å². The molecule has 0 aromatic heterocycles. The molecule has 0 bridgehead atoms. The van der Waals surface area contributed by atoms with Crippen LogP contribution in [0, 0.1) is 0 Å². The maximum atomic E-state index is 12.0. The first-order valence-electron chi connectivity index (χ1n) is 4.35. The van der Waals surface area contributed by atoms with Crippen LogP contribution in [0.3, 0.4) is 0 Å². The molecule has 0 fully saturated rings. The Hall–Kier alpha value is 0.460. The lowest BCUT2D eigenvalue weighted by Gasteiger charge is -2.19. The third kappa shape index (κ3) is 8.78. The molecule has 13 heavy (non-hydrogen) atoms. The van der Waals surface area contributed by atoms with E-state index in [2.05, 4.69) is 6.92 Å².